The van der Waals surface area contributed by atoms with E-state index in [2.05, 4.69) is 16.6 Å². The fourth-order valence-corrected chi connectivity index (χ4v) is 3.14. The Labute approximate surface area is 160 Å². The highest BCUT2D eigenvalue weighted by molar-refractivity contribution is 6.13. The molecule has 4 rings (SSSR count). The first-order valence-electron chi connectivity index (χ1n) is 8.62. The largest absolute Gasteiger partial charge is 0.271 e. The molecule has 28 heavy (non-hydrogen) atoms. The number of nitro benzene ring substituents is 1. The number of hydrogen-bond acceptors (Lipinski definition) is 4. The second-order valence-corrected chi connectivity index (χ2v) is 6.24. The van der Waals surface area contributed by atoms with Gasteiger partial charge >= 0.3 is 0 Å². The van der Waals surface area contributed by atoms with Gasteiger partial charge in [-0.05, 0) is 39.7 Å². The summed E-state index contributed by atoms with van der Waals surface area (Å²) in [7, 11) is 0. The van der Waals surface area contributed by atoms with Crippen molar-refractivity contribution in [3.8, 4) is 0 Å². The number of hydrogen-bond donors (Lipinski definition) is 1. The number of nitro groups is 1. The summed E-state index contributed by atoms with van der Waals surface area (Å²) in [5.74, 6) is -0.435. The van der Waals surface area contributed by atoms with Crippen LogP contribution in [0.5, 0.6) is 0 Å². The zero-order chi connectivity index (χ0) is 19.5. The lowest BCUT2D eigenvalue weighted by molar-refractivity contribution is -0.384. The van der Waals surface area contributed by atoms with Crippen LogP contribution in [0.3, 0.4) is 0 Å². The summed E-state index contributed by atoms with van der Waals surface area (Å²) >= 11 is 0. The molecule has 0 aliphatic heterocycles. The number of carbonyl (C=O) groups excluding carboxylic acids is 1. The van der Waals surface area contributed by atoms with Crippen LogP contribution in [0.15, 0.2) is 84.0 Å². The van der Waals surface area contributed by atoms with Crippen molar-refractivity contribution in [2.75, 3.05) is 0 Å². The van der Waals surface area contributed by atoms with Crippen molar-refractivity contribution in [3.05, 3.63) is 100 Å². The van der Waals surface area contributed by atoms with Crippen molar-refractivity contribution < 1.29 is 9.72 Å². The summed E-state index contributed by atoms with van der Waals surface area (Å²) in [6.45, 7) is 0. The van der Waals surface area contributed by atoms with Gasteiger partial charge in [-0.25, -0.2) is 5.43 Å². The lowest BCUT2D eigenvalue weighted by atomic mass is 9.97. The Morgan fingerprint density at radius 3 is 2.04 bits per heavy atom. The Morgan fingerprint density at radius 2 is 1.46 bits per heavy atom. The SMILES string of the molecule is O=C(N/N=C\c1c2ccccc2cc2ccccc12)c1ccc([N+](=O)[O-])cc1. The molecule has 0 unspecified atom stereocenters. The van der Waals surface area contributed by atoms with Crippen molar-refractivity contribution in [2.45, 2.75) is 0 Å². The first kappa shape index (κ1) is 17.4. The highest BCUT2D eigenvalue weighted by Gasteiger charge is 2.09. The molecule has 6 nitrogen and oxygen atoms in total. The molecular formula is C22H15N3O3. The minimum atomic E-state index is -0.508. The molecule has 0 bridgehead atoms. The van der Waals surface area contributed by atoms with Crippen LogP contribution < -0.4 is 5.43 Å². The van der Waals surface area contributed by atoms with Gasteiger partial charge in [-0.1, -0.05) is 48.5 Å². The third-order valence-corrected chi connectivity index (χ3v) is 4.51. The van der Waals surface area contributed by atoms with E-state index in [-0.39, 0.29) is 5.69 Å². The van der Waals surface area contributed by atoms with Gasteiger partial charge in [0.05, 0.1) is 11.1 Å². The van der Waals surface area contributed by atoms with Gasteiger partial charge in [-0.2, -0.15) is 5.10 Å². The number of amides is 1. The van der Waals surface area contributed by atoms with Crippen LogP contribution in [0.1, 0.15) is 15.9 Å². The third kappa shape index (κ3) is 3.31. The zero-order valence-electron chi connectivity index (χ0n) is 14.7. The minimum absolute atomic E-state index is 0.0673. The lowest BCUT2D eigenvalue weighted by Gasteiger charge is -2.08. The third-order valence-electron chi connectivity index (χ3n) is 4.51. The van der Waals surface area contributed by atoms with Gasteiger partial charge in [0.15, 0.2) is 0 Å². The van der Waals surface area contributed by atoms with Gasteiger partial charge in [0.25, 0.3) is 11.6 Å². The Hall–Kier alpha value is -4.06. The highest BCUT2D eigenvalue weighted by Crippen LogP contribution is 2.27. The molecule has 0 atom stereocenters. The minimum Gasteiger partial charge on any atom is -0.267 e. The normalized spacial score (nSPS) is 11.1. The fraction of sp³-hybridized carbons (Fsp3) is 0. The molecule has 1 amide bonds. The number of fused-ring (bicyclic) bond motifs is 2. The number of hydrazone groups is 1. The maximum atomic E-state index is 12.2. The molecule has 0 aliphatic carbocycles. The van der Waals surface area contributed by atoms with Gasteiger partial charge in [-0.3, -0.25) is 14.9 Å². The van der Waals surface area contributed by atoms with Crippen LogP contribution >= 0.6 is 0 Å². The van der Waals surface area contributed by atoms with Crippen molar-refractivity contribution in [3.63, 3.8) is 0 Å². The molecule has 136 valence electrons. The van der Waals surface area contributed by atoms with Gasteiger partial charge in [-0.15, -0.1) is 0 Å². The maximum absolute atomic E-state index is 12.2. The molecule has 0 aliphatic rings. The van der Waals surface area contributed by atoms with Crippen LogP contribution in [0, 0.1) is 10.1 Å². The summed E-state index contributed by atoms with van der Waals surface area (Å²) in [6, 6.07) is 23.5. The predicted molar refractivity (Wildman–Crippen MR) is 110 cm³/mol. The van der Waals surface area contributed by atoms with Gasteiger partial charge in [0, 0.05) is 23.3 Å². The Kier molecular flexibility index (Phi) is 4.51. The van der Waals surface area contributed by atoms with Crippen LogP contribution in [-0.2, 0) is 0 Å². The van der Waals surface area contributed by atoms with Gasteiger partial charge in [0.2, 0.25) is 0 Å². The molecule has 0 saturated heterocycles. The second kappa shape index (κ2) is 7.28. The average Bonchev–Trinajstić information content (AvgIpc) is 2.73. The summed E-state index contributed by atoms with van der Waals surface area (Å²) in [4.78, 5) is 22.4. The number of rotatable bonds is 4. The lowest BCUT2D eigenvalue weighted by Crippen LogP contribution is -2.17. The van der Waals surface area contributed by atoms with E-state index in [9.17, 15) is 14.9 Å². The van der Waals surface area contributed by atoms with Crippen molar-refractivity contribution in [1.82, 2.24) is 5.43 Å². The molecule has 1 N–H and O–H groups in total. The maximum Gasteiger partial charge on any atom is 0.271 e. The first-order chi connectivity index (χ1) is 13.6. The fourth-order valence-electron chi connectivity index (χ4n) is 3.14. The van der Waals surface area contributed by atoms with Crippen molar-refractivity contribution in [1.29, 1.82) is 0 Å². The monoisotopic (exact) mass is 369 g/mol. The van der Waals surface area contributed by atoms with Crippen molar-refractivity contribution >= 4 is 39.4 Å². The second-order valence-electron chi connectivity index (χ2n) is 6.24. The van der Waals surface area contributed by atoms with Crippen LogP contribution in [0.25, 0.3) is 21.5 Å². The number of nitrogens with one attached hydrogen (secondary N) is 1. The van der Waals surface area contributed by atoms with Gasteiger partial charge in [0.1, 0.15) is 0 Å². The first-order valence-corrected chi connectivity index (χ1v) is 8.62. The topological polar surface area (TPSA) is 84.6 Å². The average molecular weight is 369 g/mol. The quantitative estimate of drug-likeness (QED) is 0.246. The number of non-ortho nitro benzene ring substituents is 1. The predicted octanol–water partition coefficient (Wildman–Crippen LogP) is 4.67. The molecule has 0 radical (unpaired) electrons. The number of nitrogens with zero attached hydrogens (tertiary/aromatic N) is 2. The molecule has 4 aromatic rings. The molecular weight excluding hydrogens is 354 g/mol. The molecule has 0 heterocycles. The highest BCUT2D eigenvalue weighted by atomic mass is 16.6. The molecule has 0 saturated carbocycles. The smallest absolute Gasteiger partial charge is 0.267 e. The van der Waals surface area contributed by atoms with E-state index in [0.29, 0.717) is 5.56 Å². The van der Waals surface area contributed by atoms with Crippen LogP contribution in [0.2, 0.25) is 0 Å². The molecule has 0 aromatic heterocycles. The van der Waals surface area contributed by atoms with E-state index in [1.807, 2.05) is 48.5 Å². The van der Waals surface area contributed by atoms with E-state index >= 15 is 0 Å². The Balaban J connectivity index is 1.64. The molecule has 0 fully saturated rings. The van der Waals surface area contributed by atoms with E-state index in [4.69, 9.17) is 0 Å². The summed E-state index contributed by atoms with van der Waals surface area (Å²) in [5, 5.41) is 19.1. The standard InChI is InChI=1S/C22H15N3O3/c26-22(15-9-11-18(12-10-15)25(27)28)24-23-14-21-19-7-3-1-5-16(19)13-17-6-2-4-8-20(17)21/h1-14H,(H,24,26)/b23-14-. The summed E-state index contributed by atoms with van der Waals surface area (Å²) < 4.78 is 0. The van der Waals surface area contributed by atoms with Crippen LogP contribution in [-0.4, -0.2) is 17.0 Å². The number of benzene rings is 4. The van der Waals surface area contributed by atoms with Crippen molar-refractivity contribution in [2.24, 2.45) is 5.10 Å². The molecule has 0 spiro atoms. The summed E-state index contributed by atoms with van der Waals surface area (Å²) in [5.41, 5.74) is 3.63. The van der Waals surface area contributed by atoms with Gasteiger partial charge < -0.3 is 0 Å². The molecule has 4 aromatic carbocycles. The van der Waals surface area contributed by atoms with E-state index in [1.54, 1.807) is 6.21 Å². The Bertz CT molecular complexity index is 1180. The molecule has 6 heteroatoms. The zero-order valence-corrected chi connectivity index (χ0v) is 14.7. The van der Waals surface area contributed by atoms with E-state index in [1.165, 1.54) is 24.3 Å². The van der Waals surface area contributed by atoms with E-state index in [0.717, 1.165) is 27.1 Å². The van der Waals surface area contributed by atoms with Crippen LogP contribution in [0.4, 0.5) is 5.69 Å². The van der Waals surface area contributed by atoms with E-state index < -0.39 is 10.8 Å². The Morgan fingerprint density at radius 1 is 0.893 bits per heavy atom. The number of carbonyl (C=O) groups is 1. The summed E-state index contributed by atoms with van der Waals surface area (Å²) in [6.07, 6.45) is 1.63.